The quantitative estimate of drug-likeness (QED) is 0.771. The lowest BCUT2D eigenvalue weighted by Gasteiger charge is -2.17. The summed E-state index contributed by atoms with van der Waals surface area (Å²) in [6.07, 6.45) is 1.78. The molecule has 0 aliphatic heterocycles. The van der Waals surface area contributed by atoms with Gasteiger partial charge in [0.2, 0.25) is 0 Å². The summed E-state index contributed by atoms with van der Waals surface area (Å²) in [7, 11) is 0. The molecule has 0 spiro atoms. The first-order valence-corrected chi connectivity index (χ1v) is 5.72. The van der Waals surface area contributed by atoms with Gasteiger partial charge in [0.25, 0.3) is 0 Å². The maximum Gasteiger partial charge on any atom is 0.100 e. The topological polar surface area (TPSA) is 38.7 Å². The third-order valence-corrected chi connectivity index (χ3v) is 2.87. The van der Waals surface area contributed by atoms with Gasteiger partial charge in [-0.3, -0.25) is 0 Å². The molecule has 0 radical (unpaired) electrons. The van der Waals surface area contributed by atoms with Crippen molar-refractivity contribution in [2.75, 3.05) is 0 Å². The number of rotatable bonds is 2. The largest absolute Gasteiger partial charge is 0.138 e. The Morgan fingerprint density at radius 1 is 1.00 bits per heavy atom. The Bertz CT molecular complexity index is 504. The summed E-state index contributed by atoms with van der Waals surface area (Å²) in [5.41, 5.74) is 3.67. The van der Waals surface area contributed by atoms with Crippen LogP contribution in [0, 0.1) is 0 Å². The average Bonchev–Trinajstić information content (AvgIpc) is 2.27. The van der Waals surface area contributed by atoms with Crippen LogP contribution in [0.15, 0.2) is 18.3 Å². The Morgan fingerprint density at radius 3 is 2.38 bits per heavy atom. The smallest absolute Gasteiger partial charge is 0.100 e. The lowest BCUT2D eigenvalue weighted by atomic mass is 9.89. The SMILES string of the molecule is CC(C)c1ccc2cnnnc2c1C(C)C. The maximum absolute atomic E-state index is 4.18. The molecule has 0 amide bonds. The van der Waals surface area contributed by atoms with Gasteiger partial charge in [0, 0.05) is 5.39 Å². The predicted octanol–water partition coefficient (Wildman–Crippen LogP) is 3.27. The fourth-order valence-electron chi connectivity index (χ4n) is 2.13. The van der Waals surface area contributed by atoms with Crippen molar-refractivity contribution in [3.8, 4) is 0 Å². The zero-order valence-corrected chi connectivity index (χ0v) is 10.2. The van der Waals surface area contributed by atoms with Crippen molar-refractivity contribution in [2.24, 2.45) is 0 Å². The Kier molecular flexibility index (Phi) is 2.86. The second-order valence-corrected chi connectivity index (χ2v) is 4.75. The molecule has 1 heterocycles. The fourth-order valence-corrected chi connectivity index (χ4v) is 2.13. The van der Waals surface area contributed by atoms with E-state index >= 15 is 0 Å². The van der Waals surface area contributed by atoms with E-state index in [1.165, 1.54) is 11.1 Å². The Labute approximate surface area is 95.9 Å². The summed E-state index contributed by atoms with van der Waals surface area (Å²) in [5, 5.41) is 12.8. The zero-order chi connectivity index (χ0) is 11.7. The van der Waals surface area contributed by atoms with Crippen molar-refractivity contribution in [2.45, 2.75) is 39.5 Å². The number of benzene rings is 1. The lowest BCUT2D eigenvalue weighted by Crippen LogP contribution is -2.02. The molecule has 0 atom stereocenters. The molecule has 16 heavy (non-hydrogen) atoms. The van der Waals surface area contributed by atoms with Crippen molar-refractivity contribution >= 4 is 10.9 Å². The highest BCUT2D eigenvalue weighted by Crippen LogP contribution is 2.31. The van der Waals surface area contributed by atoms with Crippen LogP contribution in [0.25, 0.3) is 10.9 Å². The molecular weight excluding hydrogens is 198 g/mol. The number of hydrogen-bond donors (Lipinski definition) is 0. The first kappa shape index (κ1) is 11.0. The second-order valence-electron chi connectivity index (χ2n) is 4.75. The van der Waals surface area contributed by atoms with Crippen LogP contribution in [0.5, 0.6) is 0 Å². The van der Waals surface area contributed by atoms with Gasteiger partial charge in [0.15, 0.2) is 0 Å². The van der Waals surface area contributed by atoms with Crippen molar-refractivity contribution in [1.29, 1.82) is 0 Å². The number of nitrogens with zero attached hydrogens (tertiary/aromatic N) is 3. The van der Waals surface area contributed by atoms with Crippen molar-refractivity contribution in [3.05, 3.63) is 29.5 Å². The van der Waals surface area contributed by atoms with Gasteiger partial charge in [0.1, 0.15) is 5.52 Å². The van der Waals surface area contributed by atoms with Crippen LogP contribution in [-0.4, -0.2) is 15.4 Å². The van der Waals surface area contributed by atoms with E-state index in [1.807, 2.05) is 0 Å². The standard InChI is InChI=1S/C13H17N3/c1-8(2)11-6-5-10-7-14-16-15-13(10)12(11)9(3)4/h5-9H,1-4H3. The molecule has 2 rings (SSSR count). The molecule has 1 aromatic heterocycles. The molecule has 0 unspecified atom stereocenters. The molecule has 3 nitrogen and oxygen atoms in total. The van der Waals surface area contributed by atoms with Gasteiger partial charge >= 0.3 is 0 Å². The van der Waals surface area contributed by atoms with E-state index in [0.29, 0.717) is 11.8 Å². The summed E-state index contributed by atoms with van der Waals surface area (Å²) in [5.74, 6) is 0.967. The monoisotopic (exact) mass is 215 g/mol. The van der Waals surface area contributed by atoms with Crippen LogP contribution in [0.2, 0.25) is 0 Å². The number of fused-ring (bicyclic) bond motifs is 1. The van der Waals surface area contributed by atoms with Gasteiger partial charge in [-0.05, 0) is 28.2 Å². The molecule has 0 aliphatic carbocycles. The molecular formula is C13H17N3. The van der Waals surface area contributed by atoms with Crippen LogP contribution in [0.1, 0.15) is 50.7 Å². The highest BCUT2D eigenvalue weighted by Gasteiger charge is 2.14. The van der Waals surface area contributed by atoms with Gasteiger partial charge in [-0.1, -0.05) is 39.8 Å². The Morgan fingerprint density at radius 2 is 1.75 bits per heavy atom. The molecule has 3 heteroatoms. The van der Waals surface area contributed by atoms with E-state index in [0.717, 1.165) is 10.9 Å². The van der Waals surface area contributed by atoms with E-state index in [-0.39, 0.29) is 0 Å². The summed E-state index contributed by atoms with van der Waals surface area (Å²) in [6.45, 7) is 8.81. The van der Waals surface area contributed by atoms with Gasteiger partial charge in [-0.15, -0.1) is 10.2 Å². The molecule has 0 saturated heterocycles. The van der Waals surface area contributed by atoms with Gasteiger partial charge in [-0.25, -0.2) is 0 Å². The van der Waals surface area contributed by atoms with E-state index in [4.69, 9.17) is 0 Å². The van der Waals surface area contributed by atoms with Crippen LogP contribution in [0.4, 0.5) is 0 Å². The summed E-state index contributed by atoms with van der Waals surface area (Å²) < 4.78 is 0. The first-order valence-electron chi connectivity index (χ1n) is 5.72. The van der Waals surface area contributed by atoms with Crippen LogP contribution < -0.4 is 0 Å². The van der Waals surface area contributed by atoms with Crippen molar-refractivity contribution in [1.82, 2.24) is 15.4 Å². The van der Waals surface area contributed by atoms with Gasteiger partial charge in [0.05, 0.1) is 6.20 Å². The van der Waals surface area contributed by atoms with E-state index in [2.05, 4.69) is 55.2 Å². The number of aromatic nitrogens is 3. The fraction of sp³-hybridized carbons (Fsp3) is 0.462. The van der Waals surface area contributed by atoms with Crippen LogP contribution in [-0.2, 0) is 0 Å². The van der Waals surface area contributed by atoms with Gasteiger partial charge in [-0.2, -0.15) is 0 Å². The molecule has 0 bridgehead atoms. The minimum Gasteiger partial charge on any atom is -0.138 e. The average molecular weight is 215 g/mol. The minimum absolute atomic E-state index is 0.456. The predicted molar refractivity (Wildman–Crippen MR) is 65.5 cm³/mol. The summed E-state index contributed by atoms with van der Waals surface area (Å²) in [6, 6.07) is 4.27. The molecule has 0 fully saturated rings. The third kappa shape index (κ3) is 1.77. The third-order valence-electron chi connectivity index (χ3n) is 2.87. The summed E-state index contributed by atoms with van der Waals surface area (Å²) >= 11 is 0. The van der Waals surface area contributed by atoms with Gasteiger partial charge < -0.3 is 0 Å². The van der Waals surface area contributed by atoms with Crippen molar-refractivity contribution < 1.29 is 0 Å². The van der Waals surface area contributed by atoms with E-state index in [1.54, 1.807) is 6.20 Å². The molecule has 2 aromatic rings. The zero-order valence-electron chi connectivity index (χ0n) is 10.2. The van der Waals surface area contributed by atoms with E-state index < -0.39 is 0 Å². The molecule has 0 saturated carbocycles. The normalized spacial score (nSPS) is 11.6. The Hall–Kier alpha value is -1.51. The maximum atomic E-state index is 4.18. The minimum atomic E-state index is 0.456. The second kappa shape index (κ2) is 4.16. The summed E-state index contributed by atoms with van der Waals surface area (Å²) in [4.78, 5) is 0. The first-order chi connectivity index (χ1) is 7.61. The molecule has 84 valence electrons. The van der Waals surface area contributed by atoms with E-state index in [9.17, 15) is 0 Å². The Balaban J connectivity index is 2.79. The highest BCUT2D eigenvalue weighted by molar-refractivity contribution is 5.82. The number of hydrogen-bond acceptors (Lipinski definition) is 3. The lowest BCUT2D eigenvalue weighted by molar-refractivity contribution is 0.788. The van der Waals surface area contributed by atoms with Crippen molar-refractivity contribution in [3.63, 3.8) is 0 Å². The van der Waals surface area contributed by atoms with Crippen LogP contribution in [0.3, 0.4) is 0 Å². The molecule has 0 N–H and O–H groups in total. The van der Waals surface area contributed by atoms with Crippen LogP contribution >= 0.6 is 0 Å². The molecule has 0 aliphatic rings. The molecule has 1 aromatic carbocycles. The highest BCUT2D eigenvalue weighted by atomic mass is 15.3.